The molecule has 0 saturated heterocycles. The zero-order chi connectivity index (χ0) is 12.3. The van der Waals surface area contributed by atoms with E-state index in [4.69, 9.17) is 0 Å². The molecule has 0 atom stereocenters. The molecule has 1 rings (SSSR count). The topological polar surface area (TPSA) is 29.9 Å². The summed E-state index contributed by atoms with van der Waals surface area (Å²) in [6, 6.07) is 2.02. The number of unbranched alkanes of at least 4 members (excludes halogenated alkanes) is 7. The van der Waals surface area contributed by atoms with Crippen LogP contribution in [-0.4, -0.2) is 16.3 Å². The van der Waals surface area contributed by atoms with Crippen LogP contribution in [0.15, 0.2) is 12.3 Å². The van der Waals surface area contributed by atoms with Crippen LogP contribution < -0.4 is 5.32 Å². The third kappa shape index (κ3) is 7.03. The van der Waals surface area contributed by atoms with E-state index in [-0.39, 0.29) is 0 Å². The van der Waals surface area contributed by atoms with Gasteiger partial charge in [-0.2, -0.15) is 5.10 Å². The molecule has 0 aliphatic rings. The van der Waals surface area contributed by atoms with Gasteiger partial charge in [0.2, 0.25) is 0 Å². The van der Waals surface area contributed by atoms with Gasteiger partial charge < -0.3 is 5.32 Å². The smallest absolute Gasteiger partial charge is 0.147 e. The lowest BCUT2D eigenvalue weighted by molar-refractivity contribution is 0.581. The standard InChI is InChI=1S/C14H27N3/c1-3-4-5-6-7-8-9-10-12-15-14-11-13-17(2)16-14/h11,13H,3-10,12H2,1-2H3,(H,15,16). The molecule has 0 radical (unpaired) electrons. The van der Waals surface area contributed by atoms with Gasteiger partial charge in [0.15, 0.2) is 0 Å². The van der Waals surface area contributed by atoms with Crippen molar-refractivity contribution in [3.63, 3.8) is 0 Å². The van der Waals surface area contributed by atoms with Crippen LogP contribution in [0.4, 0.5) is 5.82 Å². The fourth-order valence-corrected chi connectivity index (χ4v) is 1.98. The highest BCUT2D eigenvalue weighted by Crippen LogP contribution is 2.08. The zero-order valence-electron chi connectivity index (χ0n) is 11.4. The Morgan fingerprint density at radius 1 is 1.06 bits per heavy atom. The Morgan fingerprint density at radius 3 is 2.29 bits per heavy atom. The van der Waals surface area contributed by atoms with Gasteiger partial charge in [-0.1, -0.05) is 51.9 Å². The first-order valence-electron chi connectivity index (χ1n) is 7.06. The highest BCUT2D eigenvalue weighted by atomic mass is 15.3. The quantitative estimate of drug-likeness (QED) is 0.624. The van der Waals surface area contributed by atoms with Crippen LogP contribution >= 0.6 is 0 Å². The summed E-state index contributed by atoms with van der Waals surface area (Å²) in [6.07, 6.45) is 12.9. The minimum Gasteiger partial charge on any atom is -0.369 e. The molecule has 0 bridgehead atoms. The summed E-state index contributed by atoms with van der Waals surface area (Å²) in [4.78, 5) is 0. The Balaban J connectivity index is 1.84. The monoisotopic (exact) mass is 237 g/mol. The summed E-state index contributed by atoms with van der Waals surface area (Å²) < 4.78 is 1.83. The average Bonchev–Trinajstić information content (AvgIpc) is 2.73. The summed E-state index contributed by atoms with van der Waals surface area (Å²) in [7, 11) is 1.95. The molecule has 0 amide bonds. The second-order valence-electron chi connectivity index (χ2n) is 4.78. The summed E-state index contributed by atoms with van der Waals surface area (Å²) in [5.74, 6) is 0.996. The van der Waals surface area contributed by atoms with E-state index in [0.29, 0.717) is 0 Å². The molecule has 1 heterocycles. The lowest BCUT2D eigenvalue weighted by Crippen LogP contribution is -2.02. The van der Waals surface area contributed by atoms with Gasteiger partial charge in [-0.3, -0.25) is 4.68 Å². The predicted molar refractivity (Wildman–Crippen MR) is 74.3 cm³/mol. The maximum atomic E-state index is 4.28. The molecule has 0 spiro atoms. The van der Waals surface area contributed by atoms with Crippen molar-refractivity contribution in [3.8, 4) is 0 Å². The Bertz CT molecular complexity index is 281. The van der Waals surface area contributed by atoms with Crippen molar-refractivity contribution in [1.82, 2.24) is 9.78 Å². The molecular weight excluding hydrogens is 210 g/mol. The van der Waals surface area contributed by atoms with Gasteiger partial charge >= 0.3 is 0 Å². The number of rotatable bonds is 10. The fourth-order valence-electron chi connectivity index (χ4n) is 1.98. The van der Waals surface area contributed by atoms with E-state index in [1.54, 1.807) is 0 Å². The molecule has 0 fully saturated rings. The van der Waals surface area contributed by atoms with Crippen molar-refractivity contribution in [1.29, 1.82) is 0 Å². The van der Waals surface area contributed by atoms with Crippen molar-refractivity contribution in [2.45, 2.75) is 58.3 Å². The number of anilines is 1. The minimum absolute atomic E-state index is 0.996. The molecule has 3 nitrogen and oxygen atoms in total. The van der Waals surface area contributed by atoms with Crippen molar-refractivity contribution in [2.24, 2.45) is 7.05 Å². The molecule has 1 aromatic heterocycles. The largest absolute Gasteiger partial charge is 0.369 e. The Hall–Kier alpha value is -0.990. The Labute approximate surface area is 106 Å². The molecular formula is C14H27N3. The Morgan fingerprint density at radius 2 is 1.71 bits per heavy atom. The normalized spacial score (nSPS) is 10.7. The van der Waals surface area contributed by atoms with Crippen molar-refractivity contribution in [2.75, 3.05) is 11.9 Å². The third-order valence-electron chi connectivity index (χ3n) is 3.05. The van der Waals surface area contributed by atoms with E-state index in [9.17, 15) is 0 Å². The number of hydrogen-bond donors (Lipinski definition) is 1. The van der Waals surface area contributed by atoms with E-state index in [0.717, 1.165) is 12.4 Å². The first-order valence-corrected chi connectivity index (χ1v) is 7.06. The highest BCUT2D eigenvalue weighted by molar-refractivity contribution is 5.31. The highest BCUT2D eigenvalue weighted by Gasteiger charge is 1.95. The molecule has 0 aliphatic heterocycles. The molecule has 1 aromatic rings. The molecule has 1 N–H and O–H groups in total. The Kier molecular flexibility index (Phi) is 7.52. The van der Waals surface area contributed by atoms with Crippen LogP contribution in [0.5, 0.6) is 0 Å². The van der Waals surface area contributed by atoms with Gasteiger partial charge in [-0.15, -0.1) is 0 Å². The van der Waals surface area contributed by atoms with Gasteiger partial charge in [0.05, 0.1) is 0 Å². The van der Waals surface area contributed by atoms with Crippen molar-refractivity contribution in [3.05, 3.63) is 12.3 Å². The first-order chi connectivity index (χ1) is 8.33. The van der Waals surface area contributed by atoms with Crippen LogP contribution in [-0.2, 0) is 7.05 Å². The number of nitrogens with one attached hydrogen (secondary N) is 1. The summed E-state index contributed by atoms with van der Waals surface area (Å²) in [5.41, 5.74) is 0. The van der Waals surface area contributed by atoms with Gasteiger partial charge in [0, 0.05) is 25.9 Å². The molecule has 0 saturated carbocycles. The number of aryl methyl sites for hydroxylation is 1. The summed E-state index contributed by atoms with van der Waals surface area (Å²) >= 11 is 0. The van der Waals surface area contributed by atoms with Gasteiger partial charge in [-0.05, 0) is 6.42 Å². The first kappa shape index (κ1) is 14.1. The lowest BCUT2D eigenvalue weighted by Gasteiger charge is -2.03. The molecule has 0 unspecified atom stereocenters. The van der Waals surface area contributed by atoms with E-state index in [1.165, 1.54) is 51.4 Å². The number of aromatic nitrogens is 2. The average molecular weight is 237 g/mol. The van der Waals surface area contributed by atoms with Crippen LogP contribution in [0.25, 0.3) is 0 Å². The van der Waals surface area contributed by atoms with Crippen LogP contribution in [0, 0.1) is 0 Å². The maximum Gasteiger partial charge on any atom is 0.147 e. The van der Waals surface area contributed by atoms with Crippen molar-refractivity contribution >= 4 is 5.82 Å². The van der Waals surface area contributed by atoms with Gasteiger partial charge in [-0.25, -0.2) is 0 Å². The molecule has 0 aliphatic carbocycles. The zero-order valence-corrected chi connectivity index (χ0v) is 11.4. The SMILES string of the molecule is CCCCCCCCCCNc1ccn(C)n1. The van der Waals surface area contributed by atoms with Crippen LogP contribution in [0.2, 0.25) is 0 Å². The lowest BCUT2D eigenvalue weighted by atomic mass is 10.1. The van der Waals surface area contributed by atoms with E-state index >= 15 is 0 Å². The van der Waals surface area contributed by atoms with Gasteiger partial charge in [0.1, 0.15) is 5.82 Å². The second kappa shape index (κ2) is 9.08. The molecule has 98 valence electrons. The third-order valence-corrected chi connectivity index (χ3v) is 3.05. The fraction of sp³-hybridized carbons (Fsp3) is 0.786. The molecule has 0 aromatic carbocycles. The second-order valence-corrected chi connectivity index (χ2v) is 4.78. The van der Waals surface area contributed by atoms with Crippen molar-refractivity contribution < 1.29 is 0 Å². The van der Waals surface area contributed by atoms with Crippen LogP contribution in [0.3, 0.4) is 0 Å². The van der Waals surface area contributed by atoms with Crippen LogP contribution in [0.1, 0.15) is 58.3 Å². The number of nitrogens with zero attached hydrogens (tertiary/aromatic N) is 2. The van der Waals surface area contributed by atoms with Gasteiger partial charge in [0.25, 0.3) is 0 Å². The molecule has 3 heteroatoms. The summed E-state index contributed by atoms with van der Waals surface area (Å²) in [6.45, 7) is 3.31. The maximum absolute atomic E-state index is 4.28. The van der Waals surface area contributed by atoms with E-state index in [1.807, 2.05) is 24.0 Å². The number of hydrogen-bond acceptors (Lipinski definition) is 2. The van der Waals surface area contributed by atoms with E-state index < -0.39 is 0 Å². The van der Waals surface area contributed by atoms with E-state index in [2.05, 4.69) is 17.3 Å². The summed E-state index contributed by atoms with van der Waals surface area (Å²) in [5, 5.41) is 7.63. The molecule has 17 heavy (non-hydrogen) atoms. The minimum atomic E-state index is 0.996. The predicted octanol–water partition coefficient (Wildman–Crippen LogP) is 3.97.